The molecule has 0 rings (SSSR count). The van der Waals surface area contributed by atoms with Crippen molar-refractivity contribution in [3.63, 3.8) is 0 Å². The first kappa shape index (κ1) is 24.2. The largest absolute Gasteiger partial charge is 0.481 e. The lowest BCUT2D eigenvalue weighted by Gasteiger charge is -1.98. The minimum absolute atomic E-state index is 0.319. The third-order valence-corrected chi connectivity index (χ3v) is 3.04. The summed E-state index contributed by atoms with van der Waals surface area (Å²) in [5.74, 6) is -0.675. The number of carboxylic acids is 1. The molecule has 5 N–H and O–H groups in total. The molecule has 24 heavy (non-hydrogen) atoms. The quantitative estimate of drug-likeness (QED) is 0.335. The maximum absolute atomic E-state index is 10.3. The summed E-state index contributed by atoms with van der Waals surface area (Å²) in [6, 6.07) is -0.833. The fourth-order valence-corrected chi connectivity index (χ4v) is 1.90. The highest BCUT2D eigenvalue weighted by Crippen LogP contribution is 2.07. The Balaban J connectivity index is 0. The molecule has 0 unspecified atom stereocenters. The number of urea groups is 1. The standard InChI is InChI=1S/C18H30O2.CH4N2O/c1-2-3-4-5-6-7-8-9-10-11-12-13-14-15-16-17-18(19)20;2-1(3)4/h3-4,6-7,9-10H,2,5,8,11-17H2,1H3,(H,19,20);(H4,2,3,4). The molecule has 0 aliphatic rings. The number of carbonyl (C=O) groups excluding carboxylic acids is 1. The predicted octanol–water partition coefficient (Wildman–Crippen LogP) is 4.68. The molecule has 138 valence electrons. The zero-order valence-corrected chi connectivity index (χ0v) is 15.0. The average Bonchev–Trinajstić information content (AvgIpc) is 2.50. The molecule has 0 aliphatic carbocycles. The molecular weight excluding hydrogens is 304 g/mol. The van der Waals surface area contributed by atoms with E-state index in [1.807, 2.05) is 0 Å². The Bertz CT molecular complexity index is 384. The first-order valence-corrected chi connectivity index (χ1v) is 8.72. The lowest BCUT2D eigenvalue weighted by atomic mass is 10.1. The number of hydrogen-bond acceptors (Lipinski definition) is 2. The molecule has 0 fully saturated rings. The number of aliphatic carboxylic acids is 1. The van der Waals surface area contributed by atoms with Gasteiger partial charge < -0.3 is 16.6 Å². The number of rotatable bonds is 13. The summed E-state index contributed by atoms with van der Waals surface area (Å²) >= 11 is 0. The van der Waals surface area contributed by atoms with Crippen LogP contribution in [0.1, 0.15) is 71.1 Å². The summed E-state index contributed by atoms with van der Waals surface area (Å²) < 4.78 is 0. The molecular formula is C19H34N2O3. The van der Waals surface area contributed by atoms with Crippen LogP contribution in [0.15, 0.2) is 36.5 Å². The predicted molar refractivity (Wildman–Crippen MR) is 101 cm³/mol. The average molecular weight is 338 g/mol. The van der Waals surface area contributed by atoms with Crippen molar-refractivity contribution in [2.24, 2.45) is 11.5 Å². The normalized spacial score (nSPS) is 11.0. The van der Waals surface area contributed by atoms with Crippen molar-refractivity contribution in [1.29, 1.82) is 0 Å². The highest BCUT2D eigenvalue weighted by atomic mass is 16.4. The van der Waals surface area contributed by atoms with E-state index < -0.39 is 12.0 Å². The van der Waals surface area contributed by atoms with E-state index in [1.54, 1.807) is 0 Å². The lowest BCUT2D eigenvalue weighted by molar-refractivity contribution is -0.137. The second-order valence-electron chi connectivity index (χ2n) is 5.40. The van der Waals surface area contributed by atoms with E-state index in [0.717, 1.165) is 44.9 Å². The van der Waals surface area contributed by atoms with Gasteiger partial charge in [0.2, 0.25) is 0 Å². The molecule has 0 atom stereocenters. The molecule has 0 heterocycles. The van der Waals surface area contributed by atoms with Gasteiger partial charge in [-0.25, -0.2) is 4.79 Å². The maximum atomic E-state index is 10.3. The van der Waals surface area contributed by atoms with Crippen molar-refractivity contribution in [3.05, 3.63) is 36.5 Å². The van der Waals surface area contributed by atoms with Crippen LogP contribution in [0.2, 0.25) is 0 Å². The van der Waals surface area contributed by atoms with E-state index in [0.29, 0.717) is 6.42 Å². The van der Waals surface area contributed by atoms with Crippen molar-refractivity contribution in [2.75, 3.05) is 0 Å². The topological polar surface area (TPSA) is 106 Å². The van der Waals surface area contributed by atoms with Crippen molar-refractivity contribution in [1.82, 2.24) is 0 Å². The first-order valence-electron chi connectivity index (χ1n) is 8.72. The minimum Gasteiger partial charge on any atom is -0.481 e. The van der Waals surface area contributed by atoms with Crippen LogP contribution in [0.4, 0.5) is 4.79 Å². The van der Waals surface area contributed by atoms with Crippen molar-refractivity contribution in [2.45, 2.75) is 71.1 Å². The Morgan fingerprint density at radius 3 is 1.79 bits per heavy atom. The van der Waals surface area contributed by atoms with Gasteiger partial charge in [-0.1, -0.05) is 62.6 Å². The van der Waals surface area contributed by atoms with Crippen LogP contribution in [0.5, 0.6) is 0 Å². The molecule has 0 aromatic rings. The van der Waals surface area contributed by atoms with E-state index in [9.17, 15) is 4.79 Å². The monoisotopic (exact) mass is 338 g/mol. The second kappa shape index (κ2) is 21.0. The van der Waals surface area contributed by atoms with E-state index in [1.165, 1.54) is 12.8 Å². The SMILES string of the molecule is CCC=CCC=CCC=CCCCCCCCC(=O)O.NC(N)=O. The summed E-state index contributed by atoms with van der Waals surface area (Å²) in [5, 5.41) is 8.50. The number of nitrogens with two attached hydrogens (primary N) is 2. The molecule has 0 bridgehead atoms. The minimum atomic E-state index is -0.833. The molecule has 0 radical (unpaired) electrons. The molecule has 0 aromatic heterocycles. The van der Waals surface area contributed by atoms with Gasteiger partial charge in [0.15, 0.2) is 0 Å². The van der Waals surface area contributed by atoms with Crippen LogP contribution < -0.4 is 11.5 Å². The van der Waals surface area contributed by atoms with Crippen LogP contribution >= 0.6 is 0 Å². The highest BCUT2D eigenvalue weighted by Gasteiger charge is 1.95. The van der Waals surface area contributed by atoms with Crippen LogP contribution in [0, 0.1) is 0 Å². The van der Waals surface area contributed by atoms with Crippen molar-refractivity contribution >= 4 is 12.0 Å². The molecule has 0 saturated heterocycles. The fourth-order valence-electron chi connectivity index (χ4n) is 1.90. The summed E-state index contributed by atoms with van der Waals surface area (Å²) in [6.45, 7) is 2.15. The molecule has 0 saturated carbocycles. The van der Waals surface area contributed by atoms with Gasteiger partial charge >= 0.3 is 12.0 Å². The maximum Gasteiger partial charge on any atom is 0.309 e. The third kappa shape index (κ3) is 32.1. The number of primary amides is 2. The van der Waals surface area contributed by atoms with Crippen LogP contribution in [0.25, 0.3) is 0 Å². The highest BCUT2D eigenvalue weighted by molar-refractivity contribution is 5.69. The zero-order valence-electron chi connectivity index (χ0n) is 15.0. The molecule has 0 aliphatic heterocycles. The number of amides is 2. The zero-order chi connectivity index (χ0) is 18.5. The lowest BCUT2D eigenvalue weighted by Crippen LogP contribution is -2.18. The van der Waals surface area contributed by atoms with E-state index in [4.69, 9.17) is 9.90 Å². The van der Waals surface area contributed by atoms with E-state index >= 15 is 0 Å². The van der Waals surface area contributed by atoms with Crippen LogP contribution in [0.3, 0.4) is 0 Å². The summed E-state index contributed by atoms with van der Waals surface area (Å²) in [7, 11) is 0. The van der Waals surface area contributed by atoms with Gasteiger partial charge in [0.1, 0.15) is 0 Å². The third-order valence-electron chi connectivity index (χ3n) is 3.04. The summed E-state index contributed by atoms with van der Waals surface area (Å²) in [5.41, 5.74) is 8.50. The van der Waals surface area contributed by atoms with E-state index in [2.05, 4.69) is 54.8 Å². The number of unbranched alkanes of at least 4 members (excludes halogenated alkanes) is 5. The number of carbonyl (C=O) groups is 2. The van der Waals surface area contributed by atoms with Gasteiger partial charge in [0.05, 0.1) is 0 Å². The molecule has 0 aromatic carbocycles. The van der Waals surface area contributed by atoms with Crippen molar-refractivity contribution < 1.29 is 14.7 Å². The molecule has 0 spiro atoms. The fraction of sp³-hybridized carbons (Fsp3) is 0.579. The number of hydrogen-bond donors (Lipinski definition) is 3. The summed E-state index contributed by atoms with van der Waals surface area (Å²) in [4.78, 5) is 19.3. The number of allylic oxidation sites excluding steroid dienone is 6. The smallest absolute Gasteiger partial charge is 0.309 e. The van der Waals surface area contributed by atoms with Gasteiger partial charge in [-0.2, -0.15) is 0 Å². The first-order chi connectivity index (χ1) is 11.5. The Morgan fingerprint density at radius 2 is 1.25 bits per heavy atom. The van der Waals surface area contributed by atoms with Crippen LogP contribution in [-0.2, 0) is 4.79 Å². The van der Waals surface area contributed by atoms with Gasteiger partial charge in [-0.15, -0.1) is 0 Å². The number of carboxylic acid groups (broad SMARTS) is 1. The Labute approximate surface area is 146 Å². The molecule has 5 nitrogen and oxygen atoms in total. The van der Waals surface area contributed by atoms with Gasteiger partial charge in [0, 0.05) is 6.42 Å². The van der Waals surface area contributed by atoms with E-state index in [-0.39, 0.29) is 0 Å². The molecule has 5 heteroatoms. The Morgan fingerprint density at radius 1 is 0.792 bits per heavy atom. The Kier molecular flexibility index (Phi) is 21.1. The van der Waals surface area contributed by atoms with Crippen molar-refractivity contribution in [3.8, 4) is 0 Å². The van der Waals surface area contributed by atoms with Gasteiger partial charge in [-0.05, 0) is 38.5 Å². The molecule has 2 amide bonds. The summed E-state index contributed by atoms with van der Waals surface area (Å²) in [6.07, 6.45) is 23.4. The van der Waals surface area contributed by atoms with Gasteiger partial charge in [0.25, 0.3) is 0 Å². The van der Waals surface area contributed by atoms with Crippen LogP contribution in [-0.4, -0.2) is 17.1 Å². The second-order valence-corrected chi connectivity index (χ2v) is 5.40. The Hall–Kier alpha value is -2.04. The van der Waals surface area contributed by atoms with Gasteiger partial charge in [-0.3, -0.25) is 4.79 Å².